The number of aliphatic hydroxyl groups is 1. The molecule has 1 amide bonds. The molecule has 1 rings (SSSR count). The van der Waals surface area contributed by atoms with Crippen LogP contribution in [0.5, 0.6) is 0 Å². The summed E-state index contributed by atoms with van der Waals surface area (Å²) in [4.78, 5) is 13.5. The number of rotatable bonds is 2. The first-order valence-electron chi connectivity index (χ1n) is 5.99. The van der Waals surface area contributed by atoms with Gasteiger partial charge in [-0.3, -0.25) is 0 Å². The van der Waals surface area contributed by atoms with E-state index in [1.165, 1.54) is 0 Å². The zero-order valence-corrected chi connectivity index (χ0v) is 11.1. The van der Waals surface area contributed by atoms with Crippen molar-refractivity contribution >= 4 is 6.09 Å². The first-order valence-corrected chi connectivity index (χ1v) is 5.99. The van der Waals surface area contributed by atoms with Gasteiger partial charge in [0.05, 0.1) is 12.6 Å². The highest BCUT2D eigenvalue weighted by Gasteiger charge is 2.33. The molecule has 2 unspecified atom stereocenters. The van der Waals surface area contributed by atoms with Gasteiger partial charge in [-0.25, -0.2) is 4.79 Å². The van der Waals surface area contributed by atoms with Gasteiger partial charge in [0.15, 0.2) is 0 Å². The molecule has 0 saturated carbocycles. The van der Waals surface area contributed by atoms with Crippen molar-refractivity contribution < 1.29 is 19.4 Å². The van der Waals surface area contributed by atoms with Gasteiger partial charge < -0.3 is 19.5 Å². The molecule has 0 aromatic rings. The van der Waals surface area contributed by atoms with Gasteiger partial charge >= 0.3 is 6.09 Å². The van der Waals surface area contributed by atoms with Crippen LogP contribution in [-0.4, -0.2) is 54.6 Å². The average molecular weight is 245 g/mol. The van der Waals surface area contributed by atoms with Gasteiger partial charge in [-0.1, -0.05) is 0 Å². The Labute approximate surface area is 103 Å². The molecule has 0 aromatic carbocycles. The van der Waals surface area contributed by atoms with E-state index in [1.54, 1.807) is 12.0 Å². The second-order valence-corrected chi connectivity index (χ2v) is 5.43. The molecule has 1 heterocycles. The molecule has 0 aromatic heterocycles. The molecular formula is C12H23NO4. The summed E-state index contributed by atoms with van der Waals surface area (Å²) in [6.07, 6.45) is 0.325. The number of nitrogens with zero attached hydrogens (tertiary/aromatic N) is 1. The first-order chi connectivity index (χ1) is 7.87. The van der Waals surface area contributed by atoms with Crippen LogP contribution in [0.2, 0.25) is 0 Å². The van der Waals surface area contributed by atoms with E-state index in [-0.39, 0.29) is 24.7 Å². The van der Waals surface area contributed by atoms with E-state index >= 15 is 0 Å². The van der Waals surface area contributed by atoms with Crippen molar-refractivity contribution in [3.63, 3.8) is 0 Å². The molecule has 0 bridgehead atoms. The van der Waals surface area contributed by atoms with Crippen molar-refractivity contribution in [3.05, 3.63) is 0 Å². The van der Waals surface area contributed by atoms with Crippen molar-refractivity contribution in [1.29, 1.82) is 0 Å². The van der Waals surface area contributed by atoms with E-state index in [2.05, 4.69) is 0 Å². The summed E-state index contributed by atoms with van der Waals surface area (Å²) < 4.78 is 10.6. The van der Waals surface area contributed by atoms with Crippen molar-refractivity contribution in [2.75, 3.05) is 26.8 Å². The van der Waals surface area contributed by atoms with E-state index in [0.717, 1.165) is 6.42 Å². The Balaban J connectivity index is 2.54. The minimum absolute atomic E-state index is 0.0979. The standard InChI is InChI=1S/C12H23NO4/c1-12(2,3)17-11(15)13-6-5-9(8-14)10(7-13)16-4/h9-10,14H,5-8H2,1-4H3. The Morgan fingerprint density at radius 2 is 2.12 bits per heavy atom. The van der Waals surface area contributed by atoms with E-state index in [0.29, 0.717) is 13.1 Å². The van der Waals surface area contributed by atoms with Crippen LogP contribution < -0.4 is 0 Å². The lowest BCUT2D eigenvalue weighted by molar-refractivity contribution is -0.0406. The third-order valence-electron chi connectivity index (χ3n) is 2.88. The summed E-state index contributed by atoms with van der Waals surface area (Å²) in [5.74, 6) is 0.110. The van der Waals surface area contributed by atoms with Crippen molar-refractivity contribution in [2.45, 2.75) is 38.9 Å². The summed E-state index contributed by atoms with van der Waals surface area (Å²) in [6.45, 7) is 6.73. The molecule has 1 aliphatic heterocycles. The van der Waals surface area contributed by atoms with Crippen LogP contribution in [0.1, 0.15) is 27.2 Å². The molecule has 0 radical (unpaired) electrons. The fraction of sp³-hybridized carbons (Fsp3) is 0.917. The number of aliphatic hydroxyl groups excluding tert-OH is 1. The number of hydrogen-bond donors (Lipinski definition) is 1. The van der Waals surface area contributed by atoms with Crippen LogP contribution in [0.15, 0.2) is 0 Å². The number of piperidine rings is 1. The minimum Gasteiger partial charge on any atom is -0.444 e. The van der Waals surface area contributed by atoms with Crippen molar-refractivity contribution in [1.82, 2.24) is 4.90 Å². The van der Waals surface area contributed by atoms with Gasteiger partial charge in [-0.2, -0.15) is 0 Å². The topological polar surface area (TPSA) is 59.0 Å². The zero-order chi connectivity index (χ0) is 13.1. The highest BCUT2D eigenvalue weighted by Crippen LogP contribution is 2.21. The third-order valence-corrected chi connectivity index (χ3v) is 2.88. The Kier molecular flexibility index (Phi) is 4.77. The maximum Gasteiger partial charge on any atom is 0.410 e. The SMILES string of the molecule is COC1CN(C(=O)OC(C)(C)C)CCC1CO. The van der Waals surface area contributed by atoms with Gasteiger partial charge in [0.1, 0.15) is 5.60 Å². The molecule has 0 aliphatic carbocycles. The summed E-state index contributed by atoms with van der Waals surface area (Å²) >= 11 is 0. The molecule has 0 spiro atoms. The summed E-state index contributed by atoms with van der Waals surface area (Å²) in [7, 11) is 1.60. The quantitative estimate of drug-likeness (QED) is 0.795. The smallest absolute Gasteiger partial charge is 0.410 e. The fourth-order valence-electron chi connectivity index (χ4n) is 1.93. The number of methoxy groups -OCH3 is 1. The Bertz CT molecular complexity index is 262. The second-order valence-electron chi connectivity index (χ2n) is 5.43. The predicted molar refractivity (Wildman–Crippen MR) is 63.8 cm³/mol. The van der Waals surface area contributed by atoms with Crippen molar-refractivity contribution in [3.8, 4) is 0 Å². The molecule has 17 heavy (non-hydrogen) atoms. The third kappa shape index (κ3) is 4.16. The molecule has 1 aliphatic rings. The lowest BCUT2D eigenvalue weighted by atomic mass is 9.95. The van der Waals surface area contributed by atoms with Gasteiger partial charge in [0.25, 0.3) is 0 Å². The summed E-state index contributed by atoms with van der Waals surface area (Å²) in [5, 5.41) is 9.19. The second kappa shape index (κ2) is 5.69. The molecular weight excluding hydrogens is 222 g/mol. The van der Waals surface area contributed by atoms with Crippen LogP contribution in [0.3, 0.4) is 0 Å². The minimum atomic E-state index is -0.479. The van der Waals surface area contributed by atoms with Gasteiger partial charge in [0, 0.05) is 26.2 Å². The van der Waals surface area contributed by atoms with Crippen LogP contribution in [0.4, 0.5) is 4.79 Å². The van der Waals surface area contributed by atoms with Crippen LogP contribution in [-0.2, 0) is 9.47 Å². The monoisotopic (exact) mass is 245 g/mol. The number of ether oxygens (including phenoxy) is 2. The zero-order valence-electron chi connectivity index (χ0n) is 11.1. The normalized spacial score (nSPS) is 25.8. The molecule has 2 atom stereocenters. The lowest BCUT2D eigenvalue weighted by Crippen LogP contribution is -2.49. The van der Waals surface area contributed by atoms with E-state index in [9.17, 15) is 9.90 Å². The highest BCUT2D eigenvalue weighted by atomic mass is 16.6. The van der Waals surface area contributed by atoms with Crippen molar-refractivity contribution in [2.24, 2.45) is 5.92 Å². The number of amides is 1. The largest absolute Gasteiger partial charge is 0.444 e. The summed E-state index contributed by atoms with van der Waals surface area (Å²) in [6, 6.07) is 0. The van der Waals surface area contributed by atoms with E-state index < -0.39 is 5.60 Å². The fourth-order valence-corrected chi connectivity index (χ4v) is 1.93. The maximum absolute atomic E-state index is 11.9. The Morgan fingerprint density at radius 3 is 2.59 bits per heavy atom. The number of hydrogen-bond acceptors (Lipinski definition) is 4. The predicted octanol–water partition coefficient (Wildman–Crippen LogP) is 1.25. The first kappa shape index (κ1) is 14.3. The van der Waals surface area contributed by atoms with Crippen LogP contribution in [0, 0.1) is 5.92 Å². The van der Waals surface area contributed by atoms with Gasteiger partial charge in [-0.05, 0) is 27.2 Å². The Morgan fingerprint density at radius 1 is 1.47 bits per heavy atom. The molecule has 1 fully saturated rings. The number of carbonyl (C=O) groups is 1. The lowest BCUT2D eigenvalue weighted by Gasteiger charge is -2.37. The molecule has 1 saturated heterocycles. The van der Waals surface area contributed by atoms with Crippen LogP contribution >= 0.6 is 0 Å². The van der Waals surface area contributed by atoms with E-state index in [4.69, 9.17) is 9.47 Å². The average Bonchev–Trinajstić information content (AvgIpc) is 2.25. The molecule has 5 heteroatoms. The van der Waals surface area contributed by atoms with Crippen LogP contribution in [0.25, 0.3) is 0 Å². The molecule has 100 valence electrons. The highest BCUT2D eigenvalue weighted by molar-refractivity contribution is 5.68. The number of likely N-dealkylation sites (tertiary alicyclic amines) is 1. The molecule has 5 nitrogen and oxygen atoms in total. The maximum atomic E-state index is 11.9. The van der Waals surface area contributed by atoms with Gasteiger partial charge in [0.2, 0.25) is 0 Å². The Hall–Kier alpha value is -0.810. The van der Waals surface area contributed by atoms with Gasteiger partial charge in [-0.15, -0.1) is 0 Å². The molecule has 1 N–H and O–H groups in total. The summed E-state index contributed by atoms with van der Waals surface area (Å²) in [5.41, 5.74) is -0.479. The number of carbonyl (C=O) groups excluding carboxylic acids is 1. The van der Waals surface area contributed by atoms with E-state index in [1.807, 2.05) is 20.8 Å².